The van der Waals surface area contributed by atoms with Crippen molar-refractivity contribution in [1.82, 2.24) is 4.98 Å². The smallest absolute Gasteiger partial charge is 0.0270 e. The summed E-state index contributed by atoms with van der Waals surface area (Å²) in [5, 5.41) is 0. The molecular formula is C16H27N. The Morgan fingerprint density at radius 3 is 2.12 bits per heavy atom. The van der Waals surface area contributed by atoms with Gasteiger partial charge in [0.1, 0.15) is 0 Å². The van der Waals surface area contributed by atoms with Gasteiger partial charge < -0.3 is 0 Å². The van der Waals surface area contributed by atoms with E-state index in [1.165, 1.54) is 50.5 Å². The Balaban J connectivity index is 2.70. The molecule has 1 nitrogen and oxygen atoms in total. The third-order valence-electron chi connectivity index (χ3n) is 3.79. The summed E-state index contributed by atoms with van der Waals surface area (Å²) >= 11 is 0. The van der Waals surface area contributed by atoms with Crippen LogP contribution in [0.15, 0.2) is 24.5 Å². The lowest BCUT2D eigenvalue weighted by atomic mass is 9.75. The number of nitrogens with zero attached hydrogens (tertiary/aromatic N) is 1. The number of hydrogen-bond donors (Lipinski definition) is 0. The number of aromatic nitrogens is 1. The van der Waals surface area contributed by atoms with Gasteiger partial charge in [-0.15, -0.1) is 0 Å². The Labute approximate surface area is 107 Å². The molecule has 0 fully saturated rings. The fourth-order valence-electron chi connectivity index (χ4n) is 2.50. The molecule has 0 radical (unpaired) electrons. The third-order valence-corrected chi connectivity index (χ3v) is 3.79. The molecule has 1 heterocycles. The standard InChI is InChI=1S/C16H27N/c1-4-6-8-12-16(3,11-7-5-2)15-9-13-17-14-10-15/h9-10,13-14H,4-8,11-12H2,1-3H3. The van der Waals surface area contributed by atoms with Gasteiger partial charge in [-0.25, -0.2) is 0 Å². The lowest BCUT2D eigenvalue weighted by Crippen LogP contribution is -2.22. The van der Waals surface area contributed by atoms with E-state index in [0.717, 1.165) is 0 Å². The van der Waals surface area contributed by atoms with Crippen LogP contribution < -0.4 is 0 Å². The molecule has 0 spiro atoms. The summed E-state index contributed by atoms with van der Waals surface area (Å²) in [6.45, 7) is 6.97. The van der Waals surface area contributed by atoms with E-state index in [1.807, 2.05) is 12.4 Å². The zero-order chi connectivity index (χ0) is 12.6. The van der Waals surface area contributed by atoms with Gasteiger partial charge in [-0.1, -0.05) is 52.9 Å². The fraction of sp³-hybridized carbons (Fsp3) is 0.688. The maximum absolute atomic E-state index is 4.14. The van der Waals surface area contributed by atoms with E-state index in [0.29, 0.717) is 5.41 Å². The molecule has 1 aromatic heterocycles. The van der Waals surface area contributed by atoms with E-state index in [9.17, 15) is 0 Å². The molecule has 0 aliphatic carbocycles. The molecule has 0 aliphatic heterocycles. The van der Waals surface area contributed by atoms with Gasteiger partial charge in [0, 0.05) is 12.4 Å². The molecule has 1 heteroatoms. The summed E-state index contributed by atoms with van der Waals surface area (Å²) in [4.78, 5) is 4.14. The van der Waals surface area contributed by atoms with Gasteiger partial charge in [-0.05, 0) is 36.0 Å². The molecule has 17 heavy (non-hydrogen) atoms. The van der Waals surface area contributed by atoms with Gasteiger partial charge in [0.2, 0.25) is 0 Å². The zero-order valence-corrected chi connectivity index (χ0v) is 11.7. The van der Waals surface area contributed by atoms with Gasteiger partial charge in [0.15, 0.2) is 0 Å². The maximum Gasteiger partial charge on any atom is 0.0270 e. The Morgan fingerprint density at radius 2 is 1.53 bits per heavy atom. The predicted octanol–water partition coefficient (Wildman–Crippen LogP) is 5.11. The van der Waals surface area contributed by atoms with Crippen molar-refractivity contribution in [3.8, 4) is 0 Å². The molecule has 0 bridgehead atoms. The minimum Gasteiger partial charge on any atom is -0.265 e. The van der Waals surface area contributed by atoms with Crippen LogP contribution in [0, 0.1) is 0 Å². The molecule has 0 N–H and O–H groups in total. The molecule has 0 aliphatic rings. The van der Waals surface area contributed by atoms with Crippen molar-refractivity contribution < 1.29 is 0 Å². The van der Waals surface area contributed by atoms with E-state index in [4.69, 9.17) is 0 Å². The van der Waals surface area contributed by atoms with Gasteiger partial charge in [-0.2, -0.15) is 0 Å². The van der Waals surface area contributed by atoms with Crippen molar-refractivity contribution in [2.24, 2.45) is 0 Å². The Bertz CT molecular complexity index is 294. The highest BCUT2D eigenvalue weighted by Crippen LogP contribution is 2.34. The average Bonchev–Trinajstić information content (AvgIpc) is 2.38. The molecule has 96 valence electrons. The van der Waals surface area contributed by atoms with Crippen LogP contribution in [0.5, 0.6) is 0 Å². The van der Waals surface area contributed by atoms with Crippen LogP contribution in [0.1, 0.15) is 71.3 Å². The summed E-state index contributed by atoms with van der Waals surface area (Å²) in [6, 6.07) is 4.39. The van der Waals surface area contributed by atoms with Crippen molar-refractivity contribution in [2.45, 2.75) is 71.1 Å². The molecule has 0 amide bonds. The van der Waals surface area contributed by atoms with E-state index in [1.54, 1.807) is 0 Å². The molecule has 0 saturated heterocycles. The van der Waals surface area contributed by atoms with E-state index in [2.05, 4.69) is 37.9 Å². The second-order valence-corrected chi connectivity index (χ2v) is 5.36. The van der Waals surface area contributed by atoms with Crippen LogP contribution in [0.4, 0.5) is 0 Å². The molecule has 1 rings (SSSR count). The number of pyridine rings is 1. The Morgan fingerprint density at radius 1 is 0.941 bits per heavy atom. The van der Waals surface area contributed by atoms with Crippen molar-refractivity contribution in [3.63, 3.8) is 0 Å². The van der Waals surface area contributed by atoms with Crippen LogP contribution in [0.3, 0.4) is 0 Å². The van der Waals surface area contributed by atoms with Crippen LogP contribution >= 0.6 is 0 Å². The summed E-state index contributed by atoms with van der Waals surface area (Å²) in [5.41, 5.74) is 1.82. The average molecular weight is 233 g/mol. The van der Waals surface area contributed by atoms with Gasteiger partial charge in [-0.3, -0.25) is 4.98 Å². The normalized spacial score (nSPS) is 14.5. The van der Waals surface area contributed by atoms with E-state index >= 15 is 0 Å². The molecule has 0 saturated carbocycles. The first-order valence-electron chi connectivity index (χ1n) is 7.13. The van der Waals surface area contributed by atoms with E-state index in [-0.39, 0.29) is 0 Å². The quantitative estimate of drug-likeness (QED) is 0.569. The molecule has 0 aromatic carbocycles. The topological polar surface area (TPSA) is 12.9 Å². The largest absolute Gasteiger partial charge is 0.265 e. The SMILES string of the molecule is CCCCCC(C)(CCCC)c1ccncc1. The van der Waals surface area contributed by atoms with Crippen LogP contribution in [0.25, 0.3) is 0 Å². The zero-order valence-electron chi connectivity index (χ0n) is 11.7. The minimum atomic E-state index is 0.355. The predicted molar refractivity (Wildman–Crippen MR) is 75.3 cm³/mol. The number of unbranched alkanes of at least 4 members (excludes halogenated alkanes) is 3. The molecular weight excluding hydrogens is 206 g/mol. The second kappa shape index (κ2) is 7.47. The highest BCUT2D eigenvalue weighted by atomic mass is 14.6. The highest BCUT2D eigenvalue weighted by molar-refractivity contribution is 5.21. The fourth-order valence-corrected chi connectivity index (χ4v) is 2.50. The van der Waals surface area contributed by atoms with Gasteiger partial charge >= 0.3 is 0 Å². The summed E-state index contributed by atoms with van der Waals surface area (Å²) in [7, 11) is 0. The highest BCUT2D eigenvalue weighted by Gasteiger charge is 2.25. The first-order chi connectivity index (χ1) is 8.23. The first-order valence-corrected chi connectivity index (χ1v) is 7.13. The second-order valence-electron chi connectivity index (χ2n) is 5.36. The Hall–Kier alpha value is -0.850. The van der Waals surface area contributed by atoms with Crippen molar-refractivity contribution in [2.75, 3.05) is 0 Å². The van der Waals surface area contributed by atoms with Crippen molar-refractivity contribution >= 4 is 0 Å². The first kappa shape index (κ1) is 14.2. The van der Waals surface area contributed by atoms with Crippen molar-refractivity contribution in [3.05, 3.63) is 30.1 Å². The molecule has 1 aromatic rings. The third kappa shape index (κ3) is 4.49. The summed E-state index contributed by atoms with van der Waals surface area (Å²) < 4.78 is 0. The number of hydrogen-bond acceptors (Lipinski definition) is 1. The van der Waals surface area contributed by atoms with Gasteiger partial charge in [0.05, 0.1) is 0 Å². The summed E-state index contributed by atoms with van der Waals surface area (Å²) in [5.74, 6) is 0. The molecule has 1 atom stereocenters. The van der Waals surface area contributed by atoms with Crippen LogP contribution in [0.2, 0.25) is 0 Å². The van der Waals surface area contributed by atoms with E-state index < -0.39 is 0 Å². The monoisotopic (exact) mass is 233 g/mol. The minimum absolute atomic E-state index is 0.355. The Kier molecular flexibility index (Phi) is 6.25. The number of rotatable bonds is 8. The lowest BCUT2D eigenvalue weighted by molar-refractivity contribution is 0.370. The lowest BCUT2D eigenvalue weighted by Gasteiger charge is -2.30. The van der Waals surface area contributed by atoms with Gasteiger partial charge in [0.25, 0.3) is 0 Å². The van der Waals surface area contributed by atoms with Crippen molar-refractivity contribution in [1.29, 1.82) is 0 Å². The molecule has 1 unspecified atom stereocenters. The maximum atomic E-state index is 4.14. The van der Waals surface area contributed by atoms with Crippen LogP contribution in [-0.4, -0.2) is 4.98 Å². The van der Waals surface area contributed by atoms with Crippen LogP contribution in [-0.2, 0) is 5.41 Å². The summed E-state index contributed by atoms with van der Waals surface area (Å²) in [6.07, 6.45) is 13.1.